The normalized spacial score (nSPS) is 12.0. The average molecular weight is 447 g/mol. The Morgan fingerprint density at radius 2 is 1.91 bits per heavy atom. The van der Waals surface area contributed by atoms with Crippen LogP contribution in [0.5, 0.6) is 17.2 Å². The molecule has 4 aromatic rings. The number of oxazole rings is 1. The molecule has 0 unspecified atom stereocenters. The topological polar surface area (TPSA) is 106 Å². The molecule has 3 N–H and O–H groups in total. The van der Waals surface area contributed by atoms with E-state index in [1.54, 1.807) is 30.3 Å². The van der Waals surface area contributed by atoms with Gasteiger partial charge in [-0.25, -0.2) is 4.98 Å². The highest BCUT2D eigenvalue weighted by molar-refractivity contribution is 7.80. The summed E-state index contributed by atoms with van der Waals surface area (Å²) in [6.45, 7) is 2.09. The number of hydrogen-bond acceptors (Lipinski definition) is 7. The first kappa shape index (κ1) is 19.8. The number of hydrogen-bond donors (Lipinski definition) is 3. The Labute approximate surface area is 187 Å². The number of phenolic OH excluding ortho intramolecular Hbond substituents is 1. The predicted molar refractivity (Wildman–Crippen MR) is 122 cm³/mol. The molecule has 5 rings (SSSR count). The van der Waals surface area contributed by atoms with Crippen molar-refractivity contribution < 1.29 is 23.8 Å². The Kier molecular flexibility index (Phi) is 4.87. The number of nitrogens with one attached hydrogen (secondary N) is 2. The number of amides is 1. The van der Waals surface area contributed by atoms with E-state index in [2.05, 4.69) is 15.6 Å². The van der Waals surface area contributed by atoms with Crippen molar-refractivity contribution in [2.24, 2.45) is 0 Å². The monoisotopic (exact) mass is 447 g/mol. The molecule has 0 spiro atoms. The summed E-state index contributed by atoms with van der Waals surface area (Å²) in [4.78, 5) is 17.0. The maximum absolute atomic E-state index is 12.5. The van der Waals surface area contributed by atoms with E-state index in [0.717, 1.165) is 5.56 Å². The summed E-state index contributed by atoms with van der Waals surface area (Å²) in [5, 5.41) is 16.0. The van der Waals surface area contributed by atoms with Crippen LogP contribution in [-0.2, 0) is 0 Å². The molecule has 1 aromatic heterocycles. The van der Waals surface area contributed by atoms with Crippen molar-refractivity contribution in [3.05, 3.63) is 65.7 Å². The second-order valence-corrected chi connectivity index (χ2v) is 7.61. The largest absolute Gasteiger partial charge is 0.507 e. The molecule has 0 saturated carbocycles. The summed E-state index contributed by atoms with van der Waals surface area (Å²) in [5.41, 5.74) is 3.69. The molecule has 1 amide bonds. The lowest BCUT2D eigenvalue weighted by Gasteiger charge is -2.11. The molecule has 8 nitrogen and oxygen atoms in total. The highest BCUT2D eigenvalue weighted by atomic mass is 32.1. The van der Waals surface area contributed by atoms with E-state index in [1.165, 1.54) is 6.07 Å². The summed E-state index contributed by atoms with van der Waals surface area (Å²) >= 11 is 5.27. The van der Waals surface area contributed by atoms with Gasteiger partial charge < -0.3 is 24.3 Å². The van der Waals surface area contributed by atoms with Crippen molar-refractivity contribution in [1.29, 1.82) is 0 Å². The smallest absolute Gasteiger partial charge is 0.257 e. The number of aryl methyl sites for hydroxylation is 1. The van der Waals surface area contributed by atoms with Crippen LogP contribution in [0.25, 0.3) is 22.6 Å². The lowest BCUT2D eigenvalue weighted by atomic mass is 10.1. The molecule has 160 valence electrons. The number of fused-ring (bicyclic) bond motifs is 2. The van der Waals surface area contributed by atoms with Crippen molar-refractivity contribution in [1.82, 2.24) is 10.3 Å². The van der Waals surface area contributed by atoms with E-state index in [0.29, 0.717) is 39.4 Å². The fraction of sp³-hybridized carbons (Fsp3) is 0.0870. The van der Waals surface area contributed by atoms with Gasteiger partial charge in [-0.2, -0.15) is 0 Å². The first-order valence-corrected chi connectivity index (χ1v) is 10.1. The number of rotatable bonds is 3. The molecular formula is C23H17N3O5S. The van der Waals surface area contributed by atoms with Crippen molar-refractivity contribution in [2.75, 3.05) is 12.1 Å². The lowest BCUT2D eigenvalue weighted by molar-refractivity contribution is 0.0977. The first-order valence-electron chi connectivity index (χ1n) is 9.69. The van der Waals surface area contributed by atoms with Gasteiger partial charge >= 0.3 is 0 Å². The number of ether oxygens (including phenoxy) is 2. The number of nitrogens with zero attached hydrogens (tertiary/aromatic N) is 1. The van der Waals surface area contributed by atoms with E-state index in [1.807, 2.05) is 25.1 Å². The van der Waals surface area contributed by atoms with Crippen molar-refractivity contribution in [3.8, 4) is 28.7 Å². The quantitative estimate of drug-likeness (QED) is 0.314. The Morgan fingerprint density at radius 1 is 1.06 bits per heavy atom. The van der Waals surface area contributed by atoms with Crippen LogP contribution in [0.4, 0.5) is 5.69 Å². The number of benzene rings is 3. The molecule has 0 radical (unpaired) electrons. The fourth-order valence-electron chi connectivity index (χ4n) is 3.31. The number of carbonyl (C=O) groups excluding carboxylic acids is 1. The highest BCUT2D eigenvalue weighted by Crippen LogP contribution is 2.34. The van der Waals surface area contributed by atoms with Crippen LogP contribution in [0.1, 0.15) is 15.9 Å². The van der Waals surface area contributed by atoms with E-state index in [9.17, 15) is 9.90 Å². The van der Waals surface area contributed by atoms with E-state index < -0.39 is 5.91 Å². The predicted octanol–water partition coefficient (Wildman–Crippen LogP) is 4.36. The molecule has 0 atom stereocenters. The second-order valence-electron chi connectivity index (χ2n) is 7.20. The summed E-state index contributed by atoms with van der Waals surface area (Å²) < 4.78 is 16.4. The number of phenols is 1. The number of thiocarbonyl (C=S) groups is 1. The van der Waals surface area contributed by atoms with Crippen LogP contribution >= 0.6 is 12.2 Å². The van der Waals surface area contributed by atoms with E-state index in [-0.39, 0.29) is 23.5 Å². The van der Waals surface area contributed by atoms with Crippen LogP contribution in [0, 0.1) is 6.92 Å². The van der Waals surface area contributed by atoms with Gasteiger partial charge in [0.05, 0.1) is 5.56 Å². The minimum Gasteiger partial charge on any atom is -0.507 e. The van der Waals surface area contributed by atoms with Gasteiger partial charge in [0.15, 0.2) is 22.2 Å². The second kappa shape index (κ2) is 7.86. The zero-order valence-electron chi connectivity index (χ0n) is 16.8. The Morgan fingerprint density at radius 3 is 2.78 bits per heavy atom. The summed E-state index contributed by atoms with van der Waals surface area (Å²) in [6.07, 6.45) is 0. The Balaban J connectivity index is 1.33. The van der Waals surface area contributed by atoms with Crippen LogP contribution in [0.3, 0.4) is 0 Å². The van der Waals surface area contributed by atoms with Crippen LogP contribution in [-0.4, -0.2) is 27.9 Å². The highest BCUT2D eigenvalue weighted by Gasteiger charge is 2.18. The van der Waals surface area contributed by atoms with Crippen molar-refractivity contribution in [3.63, 3.8) is 0 Å². The van der Waals surface area contributed by atoms with Crippen molar-refractivity contribution >= 4 is 40.0 Å². The van der Waals surface area contributed by atoms with E-state index >= 15 is 0 Å². The maximum Gasteiger partial charge on any atom is 0.257 e. The van der Waals surface area contributed by atoms with Gasteiger partial charge in [0, 0.05) is 11.3 Å². The standard InChI is InChI=1S/C23H17N3O5S/c1-12-2-5-16-19(8-12)31-22(25-16)15-10-14(4-6-17(15)27)24-23(32)26-21(28)13-3-7-18-20(9-13)30-11-29-18/h2-10,27H,11H2,1H3,(H2,24,26,28,32). The Bertz CT molecular complexity index is 1380. The maximum atomic E-state index is 12.5. The first-order chi connectivity index (χ1) is 15.5. The number of anilines is 1. The SMILES string of the molecule is Cc1ccc2nc(-c3cc(NC(=S)NC(=O)c4ccc5c(c4)OCO5)ccc3O)oc2c1. The molecule has 3 aromatic carbocycles. The molecule has 1 aliphatic heterocycles. The minimum absolute atomic E-state index is 0.00846. The van der Waals surface area contributed by atoms with Crippen LogP contribution in [0.15, 0.2) is 59.0 Å². The molecule has 0 saturated heterocycles. The number of aromatic hydroxyl groups is 1. The third kappa shape index (κ3) is 3.81. The number of carbonyl (C=O) groups is 1. The van der Waals surface area contributed by atoms with Crippen molar-refractivity contribution in [2.45, 2.75) is 6.92 Å². The van der Waals surface area contributed by atoms with Gasteiger partial charge in [-0.3, -0.25) is 10.1 Å². The van der Waals surface area contributed by atoms with Gasteiger partial charge in [0.25, 0.3) is 5.91 Å². The van der Waals surface area contributed by atoms with Gasteiger partial charge in [-0.05, 0) is 73.2 Å². The molecule has 0 fully saturated rings. The van der Waals surface area contributed by atoms with Gasteiger partial charge in [0.1, 0.15) is 11.3 Å². The molecule has 0 aliphatic carbocycles. The summed E-state index contributed by atoms with van der Waals surface area (Å²) in [7, 11) is 0. The van der Waals surface area contributed by atoms with Gasteiger partial charge in [-0.15, -0.1) is 0 Å². The number of aromatic nitrogens is 1. The minimum atomic E-state index is -0.394. The summed E-state index contributed by atoms with van der Waals surface area (Å²) in [5.74, 6) is 0.992. The van der Waals surface area contributed by atoms with Gasteiger partial charge in [0.2, 0.25) is 12.7 Å². The zero-order valence-corrected chi connectivity index (χ0v) is 17.7. The molecule has 2 heterocycles. The van der Waals surface area contributed by atoms with Gasteiger partial charge in [-0.1, -0.05) is 6.07 Å². The average Bonchev–Trinajstić information content (AvgIpc) is 3.40. The molecule has 9 heteroatoms. The zero-order chi connectivity index (χ0) is 22.2. The fourth-order valence-corrected chi connectivity index (χ4v) is 3.52. The summed E-state index contributed by atoms with van der Waals surface area (Å²) in [6, 6.07) is 15.3. The van der Waals surface area contributed by atoms with Crippen LogP contribution < -0.4 is 20.1 Å². The third-order valence-electron chi connectivity index (χ3n) is 4.89. The molecule has 0 bridgehead atoms. The third-order valence-corrected chi connectivity index (χ3v) is 5.09. The lowest BCUT2D eigenvalue weighted by Crippen LogP contribution is -2.34. The molecular weight excluding hydrogens is 430 g/mol. The van der Waals surface area contributed by atoms with E-state index in [4.69, 9.17) is 26.1 Å². The Hall–Kier alpha value is -4.11. The van der Waals surface area contributed by atoms with Crippen LogP contribution in [0.2, 0.25) is 0 Å². The molecule has 32 heavy (non-hydrogen) atoms. The molecule has 1 aliphatic rings.